The van der Waals surface area contributed by atoms with E-state index in [9.17, 15) is 10.1 Å². The van der Waals surface area contributed by atoms with Crippen molar-refractivity contribution < 1.29 is 9.34 Å². The third-order valence-corrected chi connectivity index (χ3v) is 2.92. The summed E-state index contributed by atoms with van der Waals surface area (Å²) in [6.07, 6.45) is 0.463. The third kappa shape index (κ3) is 2.69. The highest BCUT2D eigenvalue weighted by Gasteiger charge is 2.17. The van der Waals surface area contributed by atoms with Crippen molar-refractivity contribution in [3.8, 4) is 0 Å². The summed E-state index contributed by atoms with van der Waals surface area (Å²) in [4.78, 5) is 9.91. The van der Waals surface area contributed by atoms with Crippen LogP contribution in [0.4, 0.5) is 5.88 Å². The fourth-order valence-electron chi connectivity index (χ4n) is 1.64. The van der Waals surface area contributed by atoms with E-state index in [2.05, 4.69) is 0 Å². The molecule has 1 aromatic heterocycles. The Balaban J connectivity index is 2.14. The molecule has 1 aromatic carbocycles. The van der Waals surface area contributed by atoms with Crippen molar-refractivity contribution in [1.29, 1.82) is 0 Å². The van der Waals surface area contributed by atoms with E-state index in [1.165, 1.54) is 12.1 Å². The second-order valence-corrected chi connectivity index (χ2v) is 4.24. The first kappa shape index (κ1) is 12.6. The van der Waals surface area contributed by atoms with E-state index in [0.29, 0.717) is 17.2 Å². The van der Waals surface area contributed by atoms with Gasteiger partial charge in [-0.1, -0.05) is 29.8 Å². The first-order valence-electron chi connectivity index (χ1n) is 5.31. The Hall–Kier alpha value is -1.85. The number of hydrogen-bond donors (Lipinski definition) is 1. The SMILES string of the molecule is NC(Cc1ccccc1Cl)c1ccc([N+](=O)[O-])o1. The quantitative estimate of drug-likeness (QED) is 0.681. The Labute approximate surface area is 108 Å². The summed E-state index contributed by atoms with van der Waals surface area (Å²) in [7, 11) is 0. The Morgan fingerprint density at radius 2 is 2.06 bits per heavy atom. The molecule has 0 bridgehead atoms. The van der Waals surface area contributed by atoms with Crippen LogP contribution in [0.1, 0.15) is 17.4 Å². The monoisotopic (exact) mass is 266 g/mol. The molecule has 2 N–H and O–H groups in total. The highest BCUT2D eigenvalue weighted by Crippen LogP contribution is 2.25. The van der Waals surface area contributed by atoms with Gasteiger partial charge in [0.25, 0.3) is 0 Å². The van der Waals surface area contributed by atoms with E-state index >= 15 is 0 Å². The molecule has 0 aliphatic heterocycles. The minimum atomic E-state index is -0.592. The van der Waals surface area contributed by atoms with Gasteiger partial charge in [0, 0.05) is 5.02 Å². The van der Waals surface area contributed by atoms with Crippen LogP contribution >= 0.6 is 11.6 Å². The largest absolute Gasteiger partial charge is 0.433 e. The van der Waals surface area contributed by atoms with Gasteiger partial charge in [-0.05, 0) is 24.1 Å². The van der Waals surface area contributed by atoms with Crippen LogP contribution in [0.2, 0.25) is 5.02 Å². The maximum Gasteiger partial charge on any atom is 0.433 e. The van der Waals surface area contributed by atoms with E-state index in [1.807, 2.05) is 18.2 Å². The fourth-order valence-corrected chi connectivity index (χ4v) is 1.85. The molecule has 1 heterocycles. The number of furan rings is 1. The lowest BCUT2D eigenvalue weighted by atomic mass is 10.0. The molecular weight excluding hydrogens is 256 g/mol. The molecule has 0 radical (unpaired) electrons. The first-order chi connectivity index (χ1) is 8.58. The number of benzene rings is 1. The second-order valence-electron chi connectivity index (χ2n) is 3.84. The van der Waals surface area contributed by atoms with Gasteiger partial charge in [-0.15, -0.1) is 0 Å². The highest BCUT2D eigenvalue weighted by atomic mass is 35.5. The number of nitrogens with zero attached hydrogens (tertiary/aromatic N) is 1. The van der Waals surface area contributed by atoms with Crippen LogP contribution in [0.25, 0.3) is 0 Å². The molecule has 0 saturated heterocycles. The van der Waals surface area contributed by atoms with Gasteiger partial charge in [-0.25, -0.2) is 0 Å². The molecule has 0 saturated carbocycles. The maximum atomic E-state index is 10.5. The minimum absolute atomic E-state index is 0.306. The summed E-state index contributed by atoms with van der Waals surface area (Å²) in [5.41, 5.74) is 6.81. The van der Waals surface area contributed by atoms with E-state index in [4.69, 9.17) is 21.8 Å². The lowest BCUT2D eigenvalue weighted by molar-refractivity contribution is -0.402. The second kappa shape index (κ2) is 5.20. The first-order valence-corrected chi connectivity index (χ1v) is 5.69. The Morgan fingerprint density at radius 3 is 2.67 bits per heavy atom. The predicted molar refractivity (Wildman–Crippen MR) is 67.4 cm³/mol. The Kier molecular flexibility index (Phi) is 3.64. The molecule has 2 aromatic rings. The van der Waals surface area contributed by atoms with E-state index in [0.717, 1.165) is 5.56 Å². The number of hydrogen-bond acceptors (Lipinski definition) is 4. The van der Waals surface area contributed by atoms with Crippen molar-refractivity contribution in [1.82, 2.24) is 0 Å². The topological polar surface area (TPSA) is 82.3 Å². The molecule has 18 heavy (non-hydrogen) atoms. The lowest BCUT2D eigenvalue weighted by Crippen LogP contribution is -2.12. The van der Waals surface area contributed by atoms with Gasteiger partial charge in [-0.2, -0.15) is 0 Å². The van der Waals surface area contributed by atoms with Gasteiger partial charge >= 0.3 is 5.88 Å². The average Bonchev–Trinajstić information content (AvgIpc) is 2.81. The highest BCUT2D eigenvalue weighted by molar-refractivity contribution is 6.31. The number of nitrogens with two attached hydrogens (primary N) is 1. The van der Waals surface area contributed by atoms with Crippen LogP contribution < -0.4 is 5.73 Å². The summed E-state index contributed by atoms with van der Waals surface area (Å²) in [5.74, 6) is 0.0706. The molecule has 6 heteroatoms. The summed E-state index contributed by atoms with van der Waals surface area (Å²) in [6, 6.07) is 9.67. The summed E-state index contributed by atoms with van der Waals surface area (Å²) in [5, 5.41) is 11.1. The summed E-state index contributed by atoms with van der Waals surface area (Å²) < 4.78 is 5.05. The van der Waals surface area contributed by atoms with Gasteiger partial charge in [-0.3, -0.25) is 10.1 Å². The fraction of sp³-hybridized carbons (Fsp3) is 0.167. The molecule has 0 aliphatic rings. The lowest BCUT2D eigenvalue weighted by Gasteiger charge is -2.09. The van der Waals surface area contributed by atoms with E-state index < -0.39 is 11.0 Å². The Morgan fingerprint density at radius 1 is 1.33 bits per heavy atom. The van der Waals surface area contributed by atoms with Crippen LogP contribution in [-0.4, -0.2) is 4.92 Å². The molecule has 1 unspecified atom stereocenters. The number of halogens is 1. The predicted octanol–water partition coefficient (Wildman–Crippen LogP) is 3.08. The minimum Gasteiger partial charge on any atom is -0.404 e. The van der Waals surface area contributed by atoms with Crippen molar-refractivity contribution in [3.63, 3.8) is 0 Å². The zero-order valence-corrected chi connectivity index (χ0v) is 10.1. The zero-order chi connectivity index (χ0) is 13.1. The van der Waals surface area contributed by atoms with Crippen molar-refractivity contribution in [3.05, 3.63) is 62.9 Å². The van der Waals surface area contributed by atoms with Crippen LogP contribution in [0.3, 0.4) is 0 Å². The molecule has 0 fully saturated rings. The third-order valence-electron chi connectivity index (χ3n) is 2.56. The Bertz CT molecular complexity index is 568. The van der Waals surface area contributed by atoms with Gasteiger partial charge < -0.3 is 10.2 Å². The zero-order valence-electron chi connectivity index (χ0n) is 9.38. The van der Waals surface area contributed by atoms with Gasteiger partial charge in [0.2, 0.25) is 0 Å². The van der Waals surface area contributed by atoms with Crippen LogP contribution in [0.5, 0.6) is 0 Å². The normalized spacial score (nSPS) is 12.3. The molecule has 94 valence electrons. The van der Waals surface area contributed by atoms with Crippen LogP contribution in [-0.2, 0) is 6.42 Å². The van der Waals surface area contributed by atoms with Crippen molar-refractivity contribution in [2.24, 2.45) is 5.73 Å². The van der Waals surface area contributed by atoms with Crippen LogP contribution in [0, 0.1) is 10.1 Å². The standard InChI is InChI=1S/C12H11ClN2O3/c13-9-4-2-1-3-8(9)7-10(14)11-5-6-12(18-11)15(16)17/h1-6,10H,7,14H2. The number of rotatable bonds is 4. The average molecular weight is 267 g/mol. The summed E-state index contributed by atoms with van der Waals surface area (Å²) in [6.45, 7) is 0. The van der Waals surface area contributed by atoms with E-state index in [1.54, 1.807) is 6.07 Å². The van der Waals surface area contributed by atoms with Gasteiger partial charge in [0.05, 0.1) is 12.1 Å². The van der Waals surface area contributed by atoms with Crippen LogP contribution in [0.15, 0.2) is 40.8 Å². The van der Waals surface area contributed by atoms with Crippen molar-refractivity contribution in [2.75, 3.05) is 0 Å². The molecule has 0 aliphatic carbocycles. The van der Waals surface area contributed by atoms with Crippen molar-refractivity contribution >= 4 is 17.5 Å². The molecule has 0 spiro atoms. The molecular formula is C12H11ClN2O3. The molecule has 0 amide bonds. The number of nitro groups is 1. The van der Waals surface area contributed by atoms with Gasteiger partial charge in [0.1, 0.15) is 10.7 Å². The van der Waals surface area contributed by atoms with Gasteiger partial charge in [0.15, 0.2) is 0 Å². The molecule has 2 rings (SSSR count). The maximum absolute atomic E-state index is 10.5. The smallest absolute Gasteiger partial charge is 0.404 e. The summed E-state index contributed by atoms with van der Waals surface area (Å²) >= 11 is 6.02. The van der Waals surface area contributed by atoms with Crippen molar-refractivity contribution in [2.45, 2.75) is 12.5 Å². The molecule has 1 atom stereocenters. The molecule has 5 nitrogen and oxygen atoms in total. The van der Waals surface area contributed by atoms with E-state index in [-0.39, 0.29) is 5.88 Å².